The molecule has 1 saturated carbocycles. The number of nitrogens with one attached hydrogen (secondary N) is 2. The van der Waals surface area contributed by atoms with Crippen molar-refractivity contribution >= 4 is 5.69 Å². The zero-order valence-electron chi connectivity index (χ0n) is 10.7. The van der Waals surface area contributed by atoms with Crippen molar-refractivity contribution in [3.8, 4) is 5.75 Å². The highest BCUT2D eigenvalue weighted by Gasteiger charge is 2.32. The topological polar surface area (TPSA) is 33.3 Å². The van der Waals surface area contributed by atoms with E-state index in [1.54, 1.807) is 11.1 Å². The number of benzene rings is 1. The van der Waals surface area contributed by atoms with Crippen LogP contribution in [0, 0.1) is 0 Å². The van der Waals surface area contributed by atoms with Gasteiger partial charge in [-0.1, -0.05) is 0 Å². The van der Waals surface area contributed by atoms with Crippen molar-refractivity contribution < 1.29 is 4.74 Å². The Bertz CT molecular complexity index is 480. The molecular weight excluding hydrogens is 224 g/mol. The molecule has 0 spiro atoms. The lowest BCUT2D eigenvalue weighted by Crippen LogP contribution is -2.20. The molecule has 96 valence electrons. The number of fused-ring (bicyclic) bond motifs is 2. The number of hydrogen-bond donors (Lipinski definition) is 2. The largest absolute Gasteiger partial charge is 0.490 e. The number of hydrogen-bond acceptors (Lipinski definition) is 3. The van der Waals surface area contributed by atoms with Gasteiger partial charge in [-0.25, -0.2) is 0 Å². The van der Waals surface area contributed by atoms with Crippen molar-refractivity contribution in [2.75, 3.05) is 31.6 Å². The van der Waals surface area contributed by atoms with Crippen LogP contribution in [-0.2, 0) is 12.8 Å². The molecule has 3 aliphatic rings. The monoisotopic (exact) mass is 244 g/mol. The van der Waals surface area contributed by atoms with E-state index in [0.29, 0.717) is 0 Å². The van der Waals surface area contributed by atoms with E-state index >= 15 is 0 Å². The van der Waals surface area contributed by atoms with Crippen molar-refractivity contribution in [1.29, 1.82) is 0 Å². The number of anilines is 1. The third-order valence-corrected chi connectivity index (χ3v) is 4.30. The van der Waals surface area contributed by atoms with Crippen LogP contribution >= 0.6 is 0 Å². The van der Waals surface area contributed by atoms with Crippen molar-refractivity contribution in [2.45, 2.75) is 31.6 Å². The molecule has 0 aromatic heterocycles. The standard InChI is InChI=1S/C15H20N2O/c1-2-10(1)14-12-4-6-16-5-3-11(12)9-13-15(14)17-7-8-18-13/h9-10,16-17H,1-8H2. The first kappa shape index (κ1) is 10.7. The molecule has 4 rings (SSSR count). The van der Waals surface area contributed by atoms with Crippen LogP contribution in [0.4, 0.5) is 5.69 Å². The molecule has 0 bridgehead atoms. The molecule has 0 radical (unpaired) electrons. The quantitative estimate of drug-likeness (QED) is 0.793. The first-order valence-corrected chi connectivity index (χ1v) is 7.19. The fourth-order valence-corrected chi connectivity index (χ4v) is 3.31. The molecule has 3 heteroatoms. The zero-order valence-corrected chi connectivity index (χ0v) is 10.7. The Labute approximate surface area is 108 Å². The zero-order chi connectivity index (χ0) is 11.9. The van der Waals surface area contributed by atoms with Gasteiger partial charge in [0.05, 0.1) is 5.69 Å². The average molecular weight is 244 g/mol. The van der Waals surface area contributed by atoms with Crippen molar-refractivity contribution in [1.82, 2.24) is 5.32 Å². The van der Waals surface area contributed by atoms with E-state index in [9.17, 15) is 0 Å². The summed E-state index contributed by atoms with van der Waals surface area (Å²) in [6, 6.07) is 2.29. The van der Waals surface area contributed by atoms with Gasteiger partial charge in [0.25, 0.3) is 0 Å². The highest BCUT2D eigenvalue weighted by molar-refractivity contribution is 5.69. The summed E-state index contributed by atoms with van der Waals surface area (Å²) in [6.45, 7) is 3.97. The highest BCUT2D eigenvalue weighted by atomic mass is 16.5. The second-order valence-electron chi connectivity index (χ2n) is 5.60. The predicted molar refractivity (Wildman–Crippen MR) is 72.7 cm³/mol. The van der Waals surface area contributed by atoms with E-state index < -0.39 is 0 Å². The van der Waals surface area contributed by atoms with Crippen LogP contribution in [0.2, 0.25) is 0 Å². The van der Waals surface area contributed by atoms with Crippen LogP contribution in [0.3, 0.4) is 0 Å². The van der Waals surface area contributed by atoms with Crippen molar-refractivity contribution in [3.05, 3.63) is 22.8 Å². The molecule has 0 amide bonds. The minimum atomic E-state index is 0.793. The van der Waals surface area contributed by atoms with Gasteiger partial charge in [-0.2, -0.15) is 0 Å². The Morgan fingerprint density at radius 2 is 2.00 bits per heavy atom. The molecule has 0 unspecified atom stereocenters. The normalized spacial score (nSPS) is 22.2. The molecule has 1 fully saturated rings. The fraction of sp³-hybridized carbons (Fsp3) is 0.600. The lowest BCUT2D eigenvalue weighted by atomic mass is 9.91. The summed E-state index contributed by atoms with van der Waals surface area (Å²) in [7, 11) is 0. The van der Waals surface area contributed by atoms with Gasteiger partial charge < -0.3 is 15.4 Å². The number of ether oxygens (including phenoxy) is 1. The molecule has 2 N–H and O–H groups in total. The Morgan fingerprint density at radius 3 is 2.89 bits per heavy atom. The second-order valence-corrected chi connectivity index (χ2v) is 5.60. The first-order chi connectivity index (χ1) is 8.93. The van der Waals surface area contributed by atoms with E-state index in [-0.39, 0.29) is 0 Å². The Balaban J connectivity index is 1.89. The van der Waals surface area contributed by atoms with E-state index in [0.717, 1.165) is 44.3 Å². The van der Waals surface area contributed by atoms with Crippen LogP contribution < -0.4 is 15.4 Å². The van der Waals surface area contributed by atoms with Crippen LogP contribution in [0.1, 0.15) is 35.4 Å². The molecule has 1 aliphatic carbocycles. The maximum Gasteiger partial charge on any atom is 0.143 e. The summed E-state index contributed by atoms with van der Waals surface area (Å²) < 4.78 is 5.87. The smallest absolute Gasteiger partial charge is 0.143 e. The highest BCUT2D eigenvalue weighted by Crippen LogP contribution is 2.50. The predicted octanol–water partition coefficient (Wildman–Crippen LogP) is 2.06. The van der Waals surface area contributed by atoms with Crippen molar-refractivity contribution in [3.63, 3.8) is 0 Å². The van der Waals surface area contributed by atoms with Gasteiger partial charge in [-0.3, -0.25) is 0 Å². The third kappa shape index (κ3) is 1.69. The molecule has 18 heavy (non-hydrogen) atoms. The summed E-state index contributed by atoms with van der Waals surface area (Å²) >= 11 is 0. The van der Waals surface area contributed by atoms with Gasteiger partial charge >= 0.3 is 0 Å². The molecule has 3 nitrogen and oxygen atoms in total. The van der Waals surface area contributed by atoms with Crippen LogP contribution in [-0.4, -0.2) is 26.2 Å². The summed E-state index contributed by atoms with van der Waals surface area (Å²) in [4.78, 5) is 0. The van der Waals surface area contributed by atoms with E-state index in [4.69, 9.17) is 4.74 Å². The average Bonchev–Trinajstić information content (AvgIpc) is 3.22. The minimum Gasteiger partial charge on any atom is -0.490 e. The second kappa shape index (κ2) is 4.16. The lowest BCUT2D eigenvalue weighted by molar-refractivity contribution is 0.322. The Hall–Kier alpha value is -1.22. The van der Waals surface area contributed by atoms with E-state index in [1.807, 2.05) is 0 Å². The van der Waals surface area contributed by atoms with Gasteiger partial charge in [0.15, 0.2) is 0 Å². The van der Waals surface area contributed by atoms with Crippen LogP contribution in [0.25, 0.3) is 0 Å². The molecular formula is C15H20N2O. The number of rotatable bonds is 1. The van der Waals surface area contributed by atoms with Gasteiger partial charge in [0.2, 0.25) is 0 Å². The molecule has 2 heterocycles. The van der Waals surface area contributed by atoms with Crippen molar-refractivity contribution in [2.24, 2.45) is 0 Å². The minimum absolute atomic E-state index is 0.793. The lowest BCUT2D eigenvalue weighted by Gasteiger charge is -2.26. The molecule has 0 atom stereocenters. The molecule has 2 aliphatic heterocycles. The van der Waals surface area contributed by atoms with Gasteiger partial charge in [0, 0.05) is 6.54 Å². The first-order valence-electron chi connectivity index (χ1n) is 7.19. The Morgan fingerprint density at radius 1 is 1.11 bits per heavy atom. The maximum atomic E-state index is 5.87. The fourth-order valence-electron chi connectivity index (χ4n) is 3.31. The molecule has 0 saturated heterocycles. The van der Waals surface area contributed by atoms with Gasteiger partial charge in [-0.05, 0) is 67.4 Å². The molecule has 1 aromatic rings. The summed E-state index contributed by atoms with van der Waals surface area (Å²) in [5, 5.41) is 7.09. The maximum absolute atomic E-state index is 5.87. The summed E-state index contributed by atoms with van der Waals surface area (Å²) in [5.74, 6) is 1.89. The molecule has 1 aromatic carbocycles. The van der Waals surface area contributed by atoms with Crippen LogP contribution in [0.15, 0.2) is 6.07 Å². The van der Waals surface area contributed by atoms with E-state index in [1.165, 1.54) is 30.5 Å². The summed E-state index contributed by atoms with van der Waals surface area (Å²) in [5.41, 5.74) is 6.03. The summed E-state index contributed by atoms with van der Waals surface area (Å²) in [6.07, 6.45) is 5.04. The Kier molecular flexibility index (Phi) is 2.47. The third-order valence-electron chi connectivity index (χ3n) is 4.30. The van der Waals surface area contributed by atoms with E-state index in [2.05, 4.69) is 16.7 Å². The SMILES string of the molecule is c1c2c(c(C3CC3)c3c1OCCN3)CCNCC2. The van der Waals surface area contributed by atoms with Gasteiger partial charge in [-0.15, -0.1) is 0 Å². The van der Waals surface area contributed by atoms with Gasteiger partial charge in [0.1, 0.15) is 12.4 Å². The van der Waals surface area contributed by atoms with Crippen LogP contribution in [0.5, 0.6) is 5.75 Å².